The van der Waals surface area contributed by atoms with E-state index in [0.717, 1.165) is 18.1 Å². The molecule has 1 heterocycles. The Hall–Kier alpha value is -0.740. The summed E-state index contributed by atoms with van der Waals surface area (Å²) in [6, 6.07) is 4.49. The van der Waals surface area contributed by atoms with Gasteiger partial charge in [0.2, 0.25) is 0 Å². The molecule has 1 aliphatic heterocycles. The average molecular weight is 199 g/mol. The van der Waals surface area contributed by atoms with E-state index in [2.05, 4.69) is 0 Å². The summed E-state index contributed by atoms with van der Waals surface area (Å²) in [4.78, 5) is 0.940. The minimum absolute atomic E-state index is 0.285. The largest absolute Gasteiger partial charge is 0.398 e. The summed E-state index contributed by atoms with van der Waals surface area (Å²) in [6.45, 7) is 1.53. The summed E-state index contributed by atoms with van der Waals surface area (Å²) in [5.41, 5.74) is 6.16. The summed E-state index contributed by atoms with van der Waals surface area (Å²) in [6.07, 6.45) is 0. The number of rotatable bonds is 2. The van der Waals surface area contributed by atoms with E-state index < -0.39 is 0 Å². The molecule has 0 bridgehead atoms. The highest BCUT2D eigenvalue weighted by atomic mass is 32.2. The predicted octanol–water partition coefficient (Wildman–Crippen LogP) is 1.90. The van der Waals surface area contributed by atoms with Crippen LogP contribution >= 0.6 is 11.8 Å². The van der Waals surface area contributed by atoms with Crippen molar-refractivity contribution in [3.05, 3.63) is 24.0 Å². The van der Waals surface area contributed by atoms with Crippen LogP contribution < -0.4 is 5.73 Å². The lowest BCUT2D eigenvalue weighted by atomic mass is 10.3. The zero-order chi connectivity index (χ0) is 9.26. The van der Waals surface area contributed by atoms with Crippen LogP contribution in [-0.4, -0.2) is 18.5 Å². The number of nitrogen functional groups attached to an aromatic ring is 1. The molecule has 2 N–H and O–H groups in total. The molecule has 1 aromatic rings. The molecule has 0 saturated carbocycles. The van der Waals surface area contributed by atoms with Crippen LogP contribution in [0.25, 0.3) is 0 Å². The van der Waals surface area contributed by atoms with Crippen LogP contribution in [0.2, 0.25) is 0 Å². The highest BCUT2D eigenvalue weighted by molar-refractivity contribution is 8.00. The van der Waals surface area contributed by atoms with Crippen molar-refractivity contribution in [2.24, 2.45) is 0 Å². The van der Waals surface area contributed by atoms with E-state index in [9.17, 15) is 4.39 Å². The topological polar surface area (TPSA) is 35.2 Å². The molecule has 1 fully saturated rings. The molecule has 0 spiro atoms. The summed E-state index contributed by atoms with van der Waals surface area (Å²) in [5, 5.41) is 0.479. The molecule has 1 aromatic carbocycles. The quantitative estimate of drug-likeness (QED) is 0.739. The Bertz CT molecular complexity index is 314. The molecule has 0 atom stereocenters. The maximum absolute atomic E-state index is 12.7. The number of hydrogen-bond acceptors (Lipinski definition) is 3. The second-order valence-electron chi connectivity index (χ2n) is 2.96. The zero-order valence-electron chi connectivity index (χ0n) is 7.00. The summed E-state index contributed by atoms with van der Waals surface area (Å²) in [5.74, 6) is -0.285. The van der Waals surface area contributed by atoms with Crippen LogP contribution in [0.4, 0.5) is 10.1 Å². The van der Waals surface area contributed by atoms with Crippen LogP contribution in [-0.2, 0) is 4.74 Å². The fourth-order valence-corrected chi connectivity index (χ4v) is 2.12. The lowest BCUT2D eigenvalue weighted by molar-refractivity contribution is 0.0455. The van der Waals surface area contributed by atoms with E-state index in [1.165, 1.54) is 12.1 Å². The molecule has 2 rings (SSSR count). The van der Waals surface area contributed by atoms with Gasteiger partial charge in [0.15, 0.2) is 0 Å². The number of halogens is 1. The zero-order valence-corrected chi connectivity index (χ0v) is 7.81. The molecule has 0 aliphatic carbocycles. The Labute approximate surface area is 80.3 Å². The second kappa shape index (κ2) is 3.55. The van der Waals surface area contributed by atoms with Crippen molar-refractivity contribution in [2.75, 3.05) is 18.9 Å². The van der Waals surface area contributed by atoms with Crippen LogP contribution in [0.3, 0.4) is 0 Å². The van der Waals surface area contributed by atoms with Crippen molar-refractivity contribution in [1.82, 2.24) is 0 Å². The Morgan fingerprint density at radius 2 is 2.23 bits per heavy atom. The fraction of sp³-hybridized carbons (Fsp3) is 0.333. The molecular formula is C9H10FNOS. The summed E-state index contributed by atoms with van der Waals surface area (Å²) < 4.78 is 17.7. The first-order chi connectivity index (χ1) is 6.25. The number of benzene rings is 1. The van der Waals surface area contributed by atoms with Gasteiger partial charge in [-0.15, -0.1) is 11.8 Å². The second-order valence-corrected chi connectivity index (χ2v) is 4.30. The standard InChI is InChI=1S/C9H10FNOS/c10-6-1-2-9(8(11)3-6)13-7-4-12-5-7/h1-3,7H,4-5,11H2. The first-order valence-corrected chi connectivity index (χ1v) is 4.93. The molecule has 0 amide bonds. The number of anilines is 1. The van der Waals surface area contributed by atoms with Crippen LogP contribution in [0.5, 0.6) is 0 Å². The van der Waals surface area contributed by atoms with Crippen molar-refractivity contribution in [1.29, 1.82) is 0 Å². The molecule has 2 nitrogen and oxygen atoms in total. The minimum atomic E-state index is -0.285. The predicted molar refractivity (Wildman–Crippen MR) is 51.3 cm³/mol. The Balaban J connectivity index is 2.10. The third-order valence-corrected chi connectivity index (χ3v) is 3.10. The lowest BCUT2D eigenvalue weighted by Crippen LogP contribution is -2.30. The third kappa shape index (κ3) is 1.95. The summed E-state index contributed by atoms with van der Waals surface area (Å²) >= 11 is 1.65. The van der Waals surface area contributed by atoms with Gasteiger partial charge in [-0.05, 0) is 18.2 Å². The highest BCUT2D eigenvalue weighted by Crippen LogP contribution is 2.32. The Kier molecular flexibility index (Phi) is 2.42. The molecule has 1 saturated heterocycles. The maximum Gasteiger partial charge on any atom is 0.125 e. The summed E-state index contributed by atoms with van der Waals surface area (Å²) in [7, 11) is 0. The van der Waals surface area contributed by atoms with Gasteiger partial charge in [-0.3, -0.25) is 0 Å². The smallest absolute Gasteiger partial charge is 0.125 e. The third-order valence-electron chi connectivity index (χ3n) is 1.87. The molecule has 0 radical (unpaired) electrons. The van der Waals surface area contributed by atoms with Gasteiger partial charge in [0, 0.05) is 10.6 Å². The van der Waals surface area contributed by atoms with Gasteiger partial charge in [0.1, 0.15) is 5.82 Å². The van der Waals surface area contributed by atoms with Crippen LogP contribution in [0.1, 0.15) is 0 Å². The van der Waals surface area contributed by atoms with E-state index in [1.54, 1.807) is 17.8 Å². The molecule has 13 heavy (non-hydrogen) atoms. The van der Waals surface area contributed by atoms with Crippen molar-refractivity contribution in [3.63, 3.8) is 0 Å². The fourth-order valence-electron chi connectivity index (χ4n) is 1.09. The van der Waals surface area contributed by atoms with Gasteiger partial charge in [0.25, 0.3) is 0 Å². The SMILES string of the molecule is Nc1cc(F)ccc1SC1COC1. The van der Waals surface area contributed by atoms with Gasteiger partial charge < -0.3 is 10.5 Å². The van der Waals surface area contributed by atoms with E-state index in [0.29, 0.717) is 10.9 Å². The minimum Gasteiger partial charge on any atom is -0.398 e. The monoisotopic (exact) mass is 199 g/mol. The molecule has 4 heteroatoms. The average Bonchev–Trinajstić information content (AvgIpc) is 1.99. The van der Waals surface area contributed by atoms with E-state index >= 15 is 0 Å². The molecular weight excluding hydrogens is 189 g/mol. The van der Waals surface area contributed by atoms with Gasteiger partial charge in [0.05, 0.1) is 18.5 Å². The van der Waals surface area contributed by atoms with E-state index in [-0.39, 0.29) is 5.82 Å². The van der Waals surface area contributed by atoms with Gasteiger partial charge in [-0.1, -0.05) is 0 Å². The van der Waals surface area contributed by atoms with Crippen LogP contribution in [0, 0.1) is 5.82 Å². The molecule has 0 aromatic heterocycles. The van der Waals surface area contributed by atoms with Gasteiger partial charge >= 0.3 is 0 Å². The number of nitrogens with two attached hydrogens (primary N) is 1. The van der Waals surface area contributed by atoms with Crippen LogP contribution in [0.15, 0.2) is 23.1 Å². The Morgan fingerprint density at radius 3 is 2.77 bits per heavy atom. The Morgan fingerprint density at radius 1 is 1.46 bits per heavy atom. The molecule has 1 aliphatic rings. The number of hydrogen-bond donors (Lipinski definition) is 1. The number of ether oxygens (including phenoxy) is 1. The lowest BCUT2D eigenvalue weighted by Gasteiger charge is -2.25. The van der Waals surface area contributed by atoms with Crippen molar-refractivity contribution >= 4 is 17.4 Å². The first kappa shape index (κ1) is 8.84. The van der Waals surface area contributed by atoms with Crippen molar-refractivity contribution < 1.29 is 9.13 Å². The normalized spacial score (nSPS) is 17.0. The molecule has 70 valence electrons. The highest BCUT2D eigenvalue weighted by Gasteiger charge is 2.20. The molecule has 0 unspecified atom stereocenters. The van der Waals surface area contributed by atoms with Gasteiger partial charge in [-0.2, -0.15) is 0 Å². The van der Waals surface area contributed by atoms with Gasteiger partial charge in [-0.25, -0.2) is 4.39 Å². The van der Waals surface area contributed by atoms with Crippen molar-refractivity contribution in [3.8, 4) is 0 Å². The first-order valence-electron chi connectivity index (χ1n) is 4.05. The van der Waals surface area contributed by atoms with E-state index in [4.69, 9.17) is 10.5 Å². The number of thioether (sulfide) groups is 1. The maximum atomic E-state index is 12.7. The van der Waals surface area contributed by atoms with E-state index in [1.807, 2.05) is 0 Å². The van der Waals surface area contributed by atoms with Crippen molar-refractivity contribution in [2.45, 2.75) is 10.1 Å².